The maximum Gasteiger partial charge on any atom is 0.261 e. The number of nitrogens with one attached hydrogen (secondary N) is 1. The SMILES string of the molecule is CC(=O)N1CCN(c2ccc3ncn(CC(=O)N[C@H](CC(=O)N(C)C)c4ccc(Cl)cc4)c(=O)c3c2)CC1. The zero-order valence-corrected chi connectivity index (χ0v) is 22.4. The second-order valence-electron chi connectivity index (χ2n) is 9.54. The lowest BCUT2D eigenvalue weighted by atomic mass is 10.0. The number of benzene rings is 2. The van der Waals surface area contributed by atoms with Gasteiger partial charge in [0.2, 0.25) is 17.7 Å². The van der Waals surface area contributed by atoms with Gasteiger partial charge in [0.15, 0.2) is 0 Å². The molecule has 38 heavy (non-hydrogen) atoms. The second kappa shape index (κ2) is 11.6. The van der Waals surface area contributed by atoms with Crippen molar-refractivity contribution in [1.29, 1.82) is 0 Å². The van der Waals surface area contributed by atoms with Crippen LogP contribution in [0.15, 0.2) is 53.6 Å². The van der Waals surface area contributed by atoms with E-state index in [4.69, 9.17) is 11.6 Å². The van der Waals surface area contributed by atoms with E-state index >= 15 is 0 Å². The van der Waals surface area contributed by atoms with Crippen LogP contribution in [0.3, 0.4) is 0 Å². The summed E-state index contributed by atoms with van der Waals surface area (Å²) in [5.41, 5.74) is 1.80. The van der Waals surface area contributed by atoms with Crippen molar-refractivity contribution in [3.05, 3.63) is 69.7 Å². The molecule has 0 radical (unpaired) electrons. The molecule has 2 aromatic carbocycles. The van der Waals surface area contributed by atoms with Crippen molar-refractivity contribution in [2.24, 2.45) is 0 Å². The van der Waals surface area contributed by atoms with Gasteiger partial charge in [-0.15, -0.1) is 0 Å². The fourth-order valence-corrected chi connectivity index (χ4v) is 4.56. The lowest BCUT2D eigenvalue weighted by molar-refractivity contribution is -0.130. The first kappa shape index (κ1) is 27.1. The number of fused-ring (bicyclic) bond motifs is 1. The summed E-state index contributed by atoms with van der Waals surface area (Å²) in [6.45, 7) is 3.89. The first-order valence-corrected chi connectivity index (χ1v) is 12.7. The van der Waals surface area contributed by atoms with E-state index in [0.717, 1.165) is 11.3 Å². The summed E-state index contributed by atoms with van der Waals surface area (Å²) in [5.74, 6) is -0.513. The van der Waals surface area contributed by atoms with E-state index in [1.165, 1.54) is 15.8 Å². The van der Waals surface area contributed by atoms with Gasteiger partial charge in [-0.05, 0) is 35.9 Å². The quantitative estimate of drug-likeness (QED) is 0.493. The Morgan fingerprint density at radius 2 is 1.74 bits per heavy atom. The molecule has 3 aromatic rings. The van der Waals surface area contributed by atoms with E-state index < -0.39 is 11.9 Å². The minimum absolute atomic E-state index is 0.0536. The molecule has 0 saturated carbocycles. The van der Waals surface area contributed by atoms with Crippen molar-refractivity contribution in [1.82, 2.24) is 24.7 Å². The van der Waals surface area contributed by atoms with Crippen molar-refractivity contribution >= 4 is 45.9 Å². The van der Waals surface area contributed by atoms with Gasteiger partial charge in [0.05, 0.1) is 29.7 Å². The summed E-state index contributed by atoms with van der Waals surface area (Å²) in [6, 6.07) is 11.8. The van der Waals surface area contributed by atoms with Crippen LogP contribution in [0.1, 0.15) is 24.9 Å². The Bertz CT molecular complexity index is 1400. The molecular weight excluding hydrogens is 508 g/mol. The number of halogens is 1. The third-order valence-corrected chi connectivity index (χ3v) is 6.95. The molecule has 1 N–H and O–H groups in total. The van der Waals surface area contributed by atoms with Gasteiger partial charge in [-0.1, -0.05) is 23.7 Å². The molecule has 0 unspecified atom stereocenters. The van der Waals surface area contributed by atoms with Crippen molar-refractivity contribution < 1.29 is 14.4 Å². The second-order valence-corrected chi connectivity index (χ2v) is 9.97. The Morgan fingerprint density at radius 3 is 2.37 bits per heavy atom. The number of rotatable bonds is 7. The van der Waals surface area contributed by atoms with Crippen molar-refractivity contribution in [3.8, 4) is 0 Å². The zero-order valence-electron chi connectivity index (χ0n) is 21.7. The lowest BCUT2D eigenvalue weighted by Crippen LogP contribution is -2.48. The topological polar surface area (TPSA) is 108 Å². The first-order valence-electron chi connectivity index (χ1n) is 12.4. The molecule has 11 heteroatoms. The average molecular weight is 539 g/mol. The summed E-state index contributed by atoms with van der Waals surface area (Å²) in [4.78, 5) is 60.1. The summed E-state index contributed by atoms with van der Waals surface area (Å²) < 4.78 is 1.27. The minimum atomic E-state index is -0.584. The maximum absolute atomic E-state index is 13.3. The Labute approximate surface area is 225 Å². The van der Waals surface area contributed by atoms with Gasteiger partial charge >= 0.3 is 0 Å². The Kier molecular flexibility index (Phi) is 8.31. The van der Waals surface area contributed by atoms with Gasteiger partial charge in [-0.3, -0.25) is 23.7 Å². The van der Waals surface area contributed by atoms with Crippen LogP contribution < -0.4 is 15.8 Å². The number of hydrogen-bond acceptors (Lipinski definition) is 6. The summed E-state index contributed by atoms with van der Waals surface area (Å²) in [6.07, 6.45) is 1.42. The fourth-order valence-electron chi connectivity index (χ4n) is 4.44. The molecule has 1 aromatic heterocycles. The van der Waals surface area contributed by atoms with Gasteiger partial charge in [-0.25, -0.2) is 4.98 Å². The van der Waals surface area contributed by atoms with Crippen LogP contribution in [0.2, 0.25) is 5.02 Å². The highest BCUT2D eigenvalue weighted by atomic mass is 35.5. The predicted octanol–water partition coefficient (Wildman–Crippen LogP) is 2.05. The number of piperazine rings is 1. The van der Waals surface area contributed by atoms with Crippen LogP contribution in [0, 0.1) is 0 Å². The number of carbonyl (C=O) groups is 3. The fraction of sp³-hybridized carbons (Fsp3) is 0.370. The summed E-state index contributed by atoms with van der Waals surface area (Å²) >= 11 is 6.00. The molecule has 1 saturated heterocycles. The Morgan fingerprint density at radius 1 is 1.05 bits per heavy atom. The number of hydrogen-bond donors (Lipinski definition) is 1. The Hall–Kier alpha value is -3.92. The van der Waals surface area contributed by atoms with Crippen LogP contribution in [-0.2, 0) is 20.9 Å². The van der Waals surface area contributed by atoms with E-state index in [1.54, 1.807) is 62.3 Å². The molecule has 1 fully saturated rings. The smallest absolute Gasteiger partial charge is 0.261 e. The minimum Gasteiger partial charge on any atom is -0.368 e. The van der Waals surface area contributed by atoms with Crippen LogP contribution >= 0.6 is 11.6 Å². The number of carbonyl (C=O) groups excluding carboxylic acids is 3. The molecule has 0 spiro atoms. The van der Waals surface area contributed by atoms with Crippen LogP contribution in [0.5, 0.6) is 0 Å². The number of nitrogens with zero attached hydrogens (tertiary/aromatic N) is 5. The largest absolute Gasteiger partial charge is 0.368 e. The molecule has 0 aliphatic carbocycles. The van der Waals surface area contributed by atoms with E-state index in [1.807, 2.05) is 6.07 Å². The predicted molar refractivity (Wildman–Crippen MR) is 146 cm³/mol. The van der Waals surface area contributed by atoms with Crippen molar-refractivity contribution in [2.75, 3.05) is 45.2 Å². The third-order valence-electron chi connectivity index (χ3n) is 6.70. The zero-order chi connectivity index (χ0) is 27.4. The van der Waals surface area contributed by atoms with Gasteiger partial charge in [0.25, 0.3) is 5.56 Å². The molecule has 4 rings (SSSR count). The normalized spacial score (nSPS) is 14.3. The molecule has 2 heterocycles. The van der Waals surface area contributed by atoms with E-state index in [-0.39, 0.29) is 30.3 Å². The number of anilines is 1. The first-order chi connectivity index (χ1) is 18.1. The van der Waals surface area contributed by atoms with E-state index in [0.29, 0.717) is 42.1 Å². The van der Waals surface area contributed by atoms with Crippen molar-refractivity contribution in [3.63, 3.8) is 0 Å². The number of aromatic nitrogens is 2. The third kappa shape index (κ3) is 6.31. The van der Waals surface area contributed by atoms with Gasteiger partial charge in [-0.2, -0.15) is 0 Å². The summed E-state index contributed by atoms with van der Waals surface area (Å²) in [7, 11) is 3.31. The average Bonchev–Trinajstić information content (AvgIpc) is 2.90. The molecular formula is C27H31ClN6O4. The molecule has 1 aliphatic heterocycles. The molecule has 200 valence electrons. The molecule has 0 bridgehead atoms. The summed E-state index contributed by atoms with van der Waals surface area (Å²) in [5, 5.41) is 3.84. The maximum atomic E-state index is 13.3. The molecule has 1 atom stereocenters. The molecule has 10 nitrogen and oxygen atoms in total. The van der Waals surface area contributed by atoms with E-state index in [9.17, 15) is 19.2 Å². The van der Waals surface area contributed by atoms with E-state index in [2.05, 4.69) is 15.2 Å². The lowest BCUT2D eigenvalue weighted by Gasteiger charge is -2.35. The van der Waals surface area contributed by atoms with Gasteiger partial charge < -0.3 is 20.0 Å². The van der Waals surface area contributed by atoms with Crippen LogP contribution in [0.4, 0.5) is 5.69 Å². The highest BCUT2D eigenvalue weighted by Crippen LogP contribution is 2.22. The van der Waals surface area contributed by atoms with Crippen molar-refractivity contribution in [2.45, 2.75) is 25.9 Å². The number of amides is 3. The van der Waals surface area contributed by atoms with Crippen LogP contribution in [-0.4, -0.2) is 77.3 Å². The monoisotopic (exact) mass is 538 g/mol. The highest BCUT2D eigenvalue weighted by Gasteiger charge is 2.22. The molecule has 1 aliphatic rings. The molecule has 3 amide bonds. The van der Waals surface area contributed by atoms with Gasteiger partial charge in [0, 0.05) is 57.9 Å². The Balaban J connectivity index is 1.52. The standard InChI is InChI=1S/C27H31ClN6O4/c1-18(35)32-10-12-33(13-11-32)21-8-9-23-22(14-21)27(38)34(17-29-23)16-25(36)30-24(15-26(37)31(2)3)19-4-6-20(28)7-5-19/h4-9,14,17,24H,10-13,15-16H2,1-3H3,(H,30,36)/t24-/m1/s1. The highest BCUT2D eigenvalue weighted by molar-refractivity contribution is 6.30. The van der Waals surface area contributed by atoms with Crippen LogP contribution in [0.25, 0.3) is 10.9 Å². The van der Waals surface area contributed by atoms with Gasteiger partial charge in [0.1, 0.15) is 6.54 Å².